The highest BCUT2D eigenvalue weighted by Crippen LogP contribution is 2.28. The summed E-state index contributed by atoms with van der Waals surface area (Å²) in [4.78, 5) is 26.5. The lowest BCUT2D eigenvalue weighted by molar-refractivity contribution is -0.138. The fraction of sp³-hybridized carbons (Fsp3) is 0.500. The number of nitrogens with zero attached hydrogens (tertiary/aromatic N) is 1. The summed E-state index contributed by atoms with van der Waals surface area (Å²) < 4.78 is 5.06. The summed E-state index contributed by atoms with van der Waals surface area (Å²) in [5.74, 6) is -0.206. The van der Waals surface area contributed by atoms with E-state index in [0.29, 0.717) is 29.5 Å². The number of halogens is 1. The summed E-state index contributed by atoms with van der Waals surface area (Å²) in [5.41, 5.74) is -0.686. The molecule has 0 saturated carbocycles. The summed E-state index contributed by atoms with van der Waals surface area (Å²) in [5, 5.41) is 5.85. The van der Waals surface area contributed by atoms with Crippen molar-refractivity contribution in [2.75, 3.05) is 39.6 Å². The van der Waals surface area contributed by atoms with Gasteiger partial charge in [0, 0.05) is 18.8 Å². The van der Waals surface area contributed by atoms with Gasteiger partial charge in [0.25, 0.3) is 0 Å². The van der Waals surface area contributed by atoms with Crippen molar-refractivity contribution in [3.63, 3.8) is 0 Å². The molecule has 6 nitrogen and oxygen atoms in total. The zero-order valence-electron chi connectivity index (χ0n) is 14.2. The Morgan fingerprint density at radius 2 is 1.91 bits per heavy atom. The maximum absolute atomic E-state index is 12.4. The van der Waals surface area contributed by atoms with E-state index < -0.39 is 11.3 Å². The molecule has 0 radical (unpaired) electrons. The Bertz CT molecular complexity index is 574. The van der Waals surface area contributed by atoms with Crippen molar-refractivity contribution < 1.29 is 14.3 Å². The molecule has 0 fully saturated rings. The van der Waals surface area contributed by atoms with Crippen LogP contribution in [-0.2, 0) is 9.59 Å². The van der Waals surface area contributed by atoms with Crippen molar-refractivity contribution in [3.05, 3.63) is 23.2 Å². The van der Waals surface area contributed by atoms with Crippen LogP contribution in [0.3, 0.4) is 0 Å². The van der Waals surface area contributed by atoms with Crippen LogP contribution in [0.2, 0.25) is 5.02 Å². The van der Waals surface area contributed by atoms with Gasteiger partial charge in [-0.2, -0.15) is 0 Å². The highest BCUT2D eigenvalue weighted by Gasteiger charge is 2.35. The number of hydrogen-bond donors (Lipinski definition) is 2. The van der Waals surface area contributed by atoms with E-state index in [1.807, 2.05) is 19.0 Å². The molecule has 23 heavy (non-hydrogen) atoms. The lowest BCUT2D eigenvalue weighted by Crippen LogP contribution is -2.46. The number of amides is 2. The van der Waals surface area contributed by atoms with Crippen LogP contribution in [0.4, 0.5) is 5.69 Å². The fourth-order valence-corrected chi connectivity index (χ4v) is 2.01. The number of methoxy groups -OCH3 is 1. The Hall–Kier alpha value is -1.79. The number of anilines is 1. The van der Waals surface area contributed by atoms with Crippen LogP contribution in [0.15, 0.2) is 18.2 Å². The van der Waals surface area contributed by atoms with E-state index in [4.69, 9.17) is 16.3 Å². The van der Waals surface area contributed by atoms with E-state index in [-0.39, 0.29) is 5.91 Å². The van der Waals surface area contributed by atoms with Gasteiger partial charge >= 0.3 is 0 Å². The van der Waals surface area contributed by atoms with E-state index >= 15 is 0 Å². The zero-order chi connectivity index (χ0) is 17.6. The second-order valence-electron chi connectivity index (χ2n) is 5.99. The number of rotatable bonds is 7. The molecule has 0 aliphatic rings. The SMILES string of the molecule is COc1ccc(NC(=O)C(C)(C)C(=O)NCCN(C)C)cc1Cl. The van der Waals surface area contributed by atoms with Crippen LogP contribution < -0.4 is 15.4 Å². The standard InChI is InChI=1S/C16H24ClN3O3/c1-16(2,14(21)18-8-9-20(3)4)15(22)19-11-6-7-13(23-5)12(17)10-11/h6-7,10H,8-9H2,1-5H3,(H,18,21)(H,19,22). The van der Waals surface area contributed by atoms with Crippen molar-refractivity contribution in [1.29, 1.82) is 0 Å². The molecule has 0 saturated heterocycles. The Morgan fingerprint density at radius 3 is 2.43 bits per heavy atom. The molecule has 1 aromatic carbocycles. The molecule has 7 heteroatoms. The summed E-state index contributed by atoms with van der Waals surface area (Å²) in [6.45, 7) is 4.35. The molecular weight excluding hydrogens is 318 g/mol. The van der Waals surface area contributed by atoms with Gasteiger partial charge in [0.15, 0.2) is 0 Å². The summed E-state index contributed by atoms with van der Waals surface area (Å²) in [7, 11) is 5.34. The molecule has 0 unspecified atom stereocenters. The van der Waals surface area contributed by atoms with E-state index in [0.717, 1.165) is 0 Å². The van der Waals surface area contributed by atoms with Crippen LogP contribution in [-0.4, -0.2) is 51.0 Å². The topological polar surface area (TPSA) is 70.7 Å². The Kier molecular flexibility index (Phi) is 6.84. The molecule has 0 bridgehead atoms. The van der Waals surface area contributed by atoms with Crippen molar-refractivity contribution in [2.45, 2.75) is 13.8 Å². The van der Waals surface area contributed by atoms with Gasteiger partial charge in [-0.05, 0) is 46.1 Å². The highest BCUT2D eigenvalue weighted by atomic mass is 35.5. The van der Waals surface area contributed by atoms with Gasteiger partial charge in [-0.1, -0.05) is 11.6 Å². The molecule has 128 valence electrons. The summed E-state index contributed by atoms with van der Waals surface area (Å²) in [6, 6.07) is 4.91. The van der Waals surface area contributed by atoms with E-state index in [1.54, 1.807) is 32.0 Å². The minimum Gasteiger partial charge on any atom is -0.495 e. The number of hydrogen-bond acceptors (Lipinski definition) is 4. The Labute approximate surface area is 142 Å². The molecule has 0 atom stereocenters. The molecule has 1 rings (SSSR count). The number of carbonyl (C=O) groups excluding carboxylic acids is 2. The second kappa shape index (κ2) is 8.17. The smallest absolute Gasteiger partial charge is 0.239 e. The third kappa shape index (κ3) is 5.41. The first kappa shape index (κ1) is 19.3. The number of ether oxygens (including phenoxy) is 1. The molecular formula is C16H24ClN3O3. The number of likely N-dealkylation sites (N-methyl/N-ethyl adjacent to an activating group) is 1. The quantitative estimate of drug-likeness (QED) is 0.744. The predicted octanol–water partition coefficient (Wildman–Crippen LogP) is 1.99. The highest BCUT2D eigenvalue weighted by molar-refractivity contribution is 6.32. The Morgan fingerprint density at radius 1 is 1.26 bits per heavy atom. The van der Waals surface area contributed by atoms with Gasteiger partial charge in [-0.3, -0.25) is 9.59 Å². The third-order valence-electron chi connectivity index (χ3n) is 3.39. The second-order valence-corrected chi connectivity index (χ2v) is 6.39. The molecule has 0 aromatic heterocycles. The average molecular weight is 342 g/mol. The molecule has 1 aromatic rings. The van der Waals surface area contributed by atoms with Crippen molar-refractivity contribution in [2.24, 2.45) is 5.41 Å². The predicted molar refractivity (Wildman–Crippen MR) is 92.0 cm³/mol. The average Bonchev–Trinajstić information content (AvgIpc) is 2.46. The monoisotopic (exact) mass is 341 g/mol. The molecule has 2 N–H and O–H groups in total. The fourth-order valence-electron chi connectivity index (χ4n) is 1.75. The largest absolute Gasteiger partial charge is 0.495 e. The van der Waals surface area contributed by atoms with Gasteiger partial charge in [-0.15, -0.1) is 0 Å². The van der Waals surface area contributed by atoms with Crippen LogP contribution >= 0.6 is 11.6 Å². The van der Waals surface area contributed by atoms with Crippen molar-refractivity contribution in [3.8, 4) is 5.75 Å². The number of nitrogens with one attached hydrogen (secondary N) is 2. The maximum atomic E-state index is 12.4. The lowest BCUT2D eigenvalue weighted by Gasteiger charge is -2.23. The maximum Gasteiger partial charge on any atom is 0.239 e. The first-order valence-electron chi connectivity index (χ1n) is 7.26. The van der Waals surface area contributed by atoms with Crippen molar-refractivity contribution >= 4 is 29.1 Å². The van der Waals surface area contributed by atoms with E-state index in [1.165, 1.54) is 7.11 Å². The normalized spacial score (nSPS) is 11.3. The van der Waals surface area contributed by atoms with Crippen LogP contribution in [0.1, 0.15) is 13.8 Å². The third-order valence-corrected chi connectivity index (χ3v) is 3.68. The number of benzene rings is 1. The minimum atomic E-state index is -1.20. The lowest BCUT2D eigenvalue weighted by atomic mass is 9.91. The van der Waals surface area contributed by atoms with Crippen LogP contribution in [0, 0.1) is 5.41 Å². The zero-order valence-corrected chi connectivity index (χ0v) is 15.0. The van der Waals surface area contributed by atoms with Crippen LogP contribution in [0.5, 0.6) is 5.75 Å². The molecule has 0 aliphatic carbocycles. The van der Waals surface area contributed by atoms with E-state index in [2.05, 4.69) is 10.6 Å². The van der Waals surface area contributed by atoms with Gasteiger partial charge in [0.2, 0.25) is 11.8 Å². The van der Waals surface area contributed by atoms with Gasteiger partial charge in [0.1, 0.15) is 11.2 Å². The Balaban J connectivity index is 2.71. The summed E-state index contributed by atoms with van der Waals surface area (Å²) in [6.07, 6.45) is 0. The minimum absolute atomic E-state index is 0.323. The van der Waals surface area contributed by atoms with E-state index in [9.17, 15) is 9.59 Å². The molecule has 2 amide bonds. The van der Waals surface area contributed by atoms with Gasteiger partial charge in [-0.25, -0.2) is 0 Å². The molecule has 0 aliphatic heterocycles. The van der Waals surface area contributed by atoms with Crippen molar-refractivity contribution in [1.82, 2.24) is 10.2 Å². The first-order chi connectivity index (χ1) is 10.7. The number of carbonyl (C=O) groups is 2. The first-order valence-corrected chi connectivity index (χ1v) is 7.64. The van der Waals surface area contributed by atoms with Gasteiger partial charge < -0.3 is 20.3 Å². The van der Waals surface area contributed by atoms with Crippen LogP contribution in [0.25, 0.3) is 0 Å². The molecule has 0 spiro atoms. The summed E-state index contributed by atoms with van der Waals surface area (Å²) >= 11 is 6.03. The molecule has 0 heterocycles. The van der Waals surface area contributed by atoms with Gasteiger partial charge in [0.05, 0.1) is 12.1 Å².